The molecule has 0 bridgehead atoms. The summed E-state index contributed by atoms with van der Waals surface area (Å²) in [5.74, 6) is 2.65. The Balaban J connectivity index is 1.54. The van der Waals surface area contributed by atoms with Crippen molar-refractivity contribution in [3.63, 3.8) is 0 Å². The molecule has 2 aromatic carbocycles. The van der Waals surface area contributed by atoms with Gasteiger partial charge in [-0.2, -0.15) is 9.61 Å². The van der Waals surface area contributed by atoms with Crippen molar-refractivity contribution in [2.24, 2.45) is 0 Å². The molecule has 0 saturated heterocycles. The van der Waals surface area contributed by atoms with Crippen LogP contribution < -0.4 is 14.2 Å². The van der Waals surface area contributed by atoms with Crippen LogP contribution in [0, 0.1) is 0 Å². The van der Waals surface area contributed by atoms with Crippen molar-refractivity contribution in [2.75, 3.05) is 13.7 Å². The van der Waals surface area contributed by atoms with Crippen LogP contribution in [0.15, 0.2) is 42.5 Å². The molecule has 0 unspecified atom stereocenters. The van der Waals surface area contributed by atoms with Crippen LogP contribution in [0.1, 0.15) is 11.1 Å². The molecule has 5 rings (SSSR count). The van der Waals surface area contributed by atoms with Crippen molar-refractivity contribution in [1.29, 1.82) is 0 Å². The van der Waals surface area contributed by atoms with E-state index in [2.05, 4.69) is 15.3 Å². The third-order valence-electron chi connectivity index (χ3n) is 4.19. The van der Waals surface area contributed by atoms with Gasteiger partial charge < -0.3 is 14.2 Å². The largest absolute Gasteiger partial charge is 0.496 e. The zero-order valence-corrected chi connectivity index (χ0v) is 15.7. The minimum Gasteiger partial charge on any atom is -0.496 e. The van der Waals surface area contributed by atoms with E-state index in [4.69, 9.17) is 25.8 Å². The fraction of sp³-hybridized carbons (Fsp3) is 0.167. The predicted octanol–water partition coefficient (Wildman–Crippen LogP) is 4.03. The van der Waals surface area contributed by atoms with E-state index in [0.29, 0.717) is 33.9 Å². The number of aromatic nitrogens is 4. The lowest BCUT2D eigenvalue weighted by molar-refractivity contribution is 0.0904. The van der Waals surface area contributed by atoms with Gasteiger partial charge in [0.05, 0.1) is 12.7 Å². The van der Waals surface area contributed by atoms with E-state index in [1.165, 1.54) is 11.3 Å². The molecule has 0 spiro atoms. The summed E-state index contributed by atoms with van der Waals surface area (Å²) >= 11 is 7.56. The number of rotatable bonds is 3. The number of benzene rings is 2. The SMILES string of the molecule is COc1ccc(Cl)cc1-c1nnc2sc([C@H]3COc4ccccc4O3)nn12. The van der Waals surface area contributed by atoms with E-state index in [1.807, 2.05) is 24.3 Å². The number of hydrogen-bond acceptors (Lipinski definition) is 7. The van der Waals surface area contributed by atoms with Crippen LogP contribution in [0.2, 0.25) is 5.02 Å². The molecule has 1 atom stereocenters. The first kappa shape index (κ1) is 16.3. The number of para-hydroxylation sites is 2. The monoisotopic (exact) mass is 400 g/mol. The summed E-state index contributed by atoms with van der Waals surface area (Å²) in [5.41, 5.74) is 0.723. The Kier molecular flexibility index (Phi) is 3.87. The molecule has 2 aromatic heterocycles. The Morgan fingerprint density at radius 3 is 2.89 bits per heavy atom. The molecule has 1 aliphatic heterocycles. The Labute approximate surface area is 163 Å². The molecule has 0 radical (unpaired) electrons. The molecule has 136 valence electrons. The van der Waals surface area contributed by atoms with Crippen molar-refractivity contribution < 1.29 is 14.2 Å². The minimum atomic E-state index is -0.305. The molecule has 0 amide bonds. The van der Waals surface area contributed by atoms with Gasteiger partial charge in [0.1, 0.15) is 12.4 Å². The van der Waals surface area contributed by atoms with E-state index in [1.54, 1.807) is 29.8 Å². The first-order valence-corrected chi connectivity index (χ1v) is 9.37. The number of ether oxygens (including phenoxy) is 3. The summed E-state index contributed by atoms with van der Waals surface area (Å²) in [6, 6.07) is 12.9. The molecule has 0 saturated carbocycles. The summed E-state index contributed by atoms with van der Waals surface area (Å²) < 4.78 is 18.9. The maximum atomic E-state index is 6.15. The Morgan fingerprint density at radius 1 is 1.19 bits per heavy atom. The Bertz CT molecular complexity index is 1140. The molecule has 0 fully saturated rings. The van der Waals surface area contributed by atoms with Gasteiger partial charge >= 0.3 is 0 Å². The normalized spacial score (nSPS) is 15.9. The van der Waals surface area contributed by atoms with Gasteiger partial charge in [-0.3, -0.25) is 0 Å². The topological polar surface area (TPSA) is 70.8 Å². The van der Waals surface area contributed by atoms with E-state index < -0.39 is 0 Å². The fourth-order valence-corrected chi connectivity index (χ4v) is 3.95. The molecule has 9 heteroatoms. The second-order valence-electron chi connectivity index (χ2n) is 5.87. The smallest absolute Gasteiger partial charge is 0.235 e. The summed E-state index contributed by atoms with van der Waals surface area (Å²) in [6.45, 7) is 0.386. The summed E-state index contributed by atoms with van der Waals surface area (Å²) in [4.78, 5) is 0.657. The molecule has 4 aromatic rings. The highest BCUT2D eigenvalue weighted by molar-refractivity contribution is 7.16. The highest BCUT2D eigenvalue weighted by atomic mass is 35.5. The van der Waals surface area contributed by atoms with E-state index in [0.717, 1.165) is 16.3 Å². The van der Waals surface area contributed by atoms with Gasteiger partial charge in [0.15, 0.2) is 28.4 Å². The lowest BCUT2D eigenvalue weighted by atomic mass is 10.2. The molecule has 0 N–H and O–H groups in total. The number of hydrogen-bond donors (Lipinski definition) is 0. The van der Waals surface area contributed by atoms with Crippen LogP contribution in [0.3, 0.4) is 0 Å². The van der Waals surface area contributed by atoms with Crippen molar-refractivity contribution in [3.05, 3.63) is 52.5 Å². The molecule has 27 heavy (non-hydrogen) atoms. The minimum absolute atomic E-state index is 0.305. The number of methoxy groups -OCH3 is 1. The molecule has 7 nitrogen and oxygen atoms in total. The van der Waals surface area contributed by atoms with Gasteiger partial charge in [0.25, 0.3) is 0 Å². The zero-order valence-electron chi connectivity index (χ0n) is 14.1. The summed E-state index contributed by atoms with van der Waals surface area (Å²) in [7, 11) is 1.60. The Morgan fingerprint density at radius 2 is 2.04 bits per heavy atom. The first-order valence-electron chi connectivity index (χ1n) is 8.17. The number of nitrogens with zero attached hydrogens (tertiary/aromatic N) is 4. The second kappa shape index (κ2) is 6.40. The maximum absolute atomic E-state index is 6.15. The third kappa shape index (κ3) is 2.77. The van der Waals surface area contributed by atoms with E-state index in [9.17, 15) is 0 Å². The van der Waals surface area contributed by atoms with Crippen LogP contribution in [0.25, 0.3) is 16.3 Å². The van der Waals surface area contributed by atoms with Gasteiger partial charge in [-0.15, -0.1) is 10.2 Å². The molecule has 3 heterocycles. The quantitative estimate of drug-likeness (QED) is 0.517. The lowest BCUT2D eigenvalue weighted by Gasteiger charge is -2.24. The highest BCUT2D eigenvalue weighted by Crippen LogP contribution is 2.38. The fourth-order valence-electron chi connectivity index (χ4n) is 2.93. The highest BCUT2D eigenvalue weighted by Gasteiger charge is 2.27. The van der Waals surface area contributed by atoms with Gasteiger partial charge in [-0.25, -0.2) is 0 Å². The number of fused-ring (bicyclic) bond motifs is 2. The molecular weight excluding hydrogens is 388 g/mol. The van der Waals surface area contributed by atoms with Crippen molar-refractivity contribution >= 4 is 27.9 Å². The van der Waals surface area contributed by atoms with Gasteiger partial charge in [0.2, 0.25) is 4.96 Å². The number of halogens is 1. The average Bonchev–Trinajstić information content (AvgIpc) is 3.28. The van der Waals surface area contributed by atoms with Gasteiger partial charge in [-0.1, -0.05) is 35.1 Å². The Hall–Kier alpha value is -2.84. The summed E-state index contributed by atoms with van der Waals surface area (Å²) in [6.07, 6.45) is -0.305. The van der Waals surface area contributed by atoms with Crippen molar-refractivity contribution in [2.45, 2.75) is 6.10 Å². The van der Waals surface area contributed by atoms with Crippen molar-refractivity contribution in [1.82, 2.24) is 19.8 Å². The molecule has 0 aliphatic carbocycles. The standard InChI is InChI=1S/C18H13ClN4O3S/c1-24-12-7-6-10(19)8-11(12)16-20-21-18-23(16)22-17(27-18)15-9-25-13-4-2-3-5-14(13)26-15/h2-8,15H,9H2,1H3/t15-/m1/s1. The van der Waals surface area contributed by atoms with Crippen LogP contribution in [-0.4, -0.2) is 33.5 Å². The maximum Gasteiger partial charge on any atom is 0.235 e. The second-order valence-corrected chi connectivity index (χ2v) is 7.29. The van der Waals surface area contributed by atoms with Gasteiger partial charge in [-0.05, 0) is 30.3 Å². The molecule has 1 aliphatic rings. The molecular formula is C18H13ClN4O3S. The van der Waals surface area contributed by atoms with E-state index in [-0.39, 0.29) is 6.10 Å². The first-order chi connectivity index (χ1) is 13.2. The van der Waals surface area contributed by atoms with Crippen molar-refractivity contribution in [3.8, 4) is 28.6 Å². The van der Waals surface area contributed by atoms with Crippen LogP contribution in [0.5, 0.6) is 17.2 Å². The summed E-state index contributed by atoms with van der Waals surface area (Å²) in [5, 5.41) is 14.5. The predicted molar refractivity (Wildman–Crippen MR) is 101 cm³/mol. The average molecular weight is 401 g/mol. The van der Waals surface area contributed by atoms with Crippen LogP contribution in [0.4, 0.5) is 0 Å². The third-order valence-corrected chi connectivity index (χ3v) is 5.42. The zero-order chi connectivity index (χ0) is 18.4. The van der Waals surface area contributed by atoms with Gasteiger partial charge in [0, 0.05) is 5.02 Å². The van der Waals surface area contributed by atoms with Crippen LogP contribution >= 0.6 is 22.9 Å². The van der Waals surface area contributed by atoms with Crippen LogP contribution in [-0.2, 0) is 0 Å². The lowest BCUT2D eigenvalue weighted by Crippen LogP contribution is -2.21. The van der Waals surface area contributed by atoms with E-state index >= 15 is 0 Å².